The number of carbonyl (C=O) groups excluding carboxylic acids is 2. The van der Waals surface area contributed by atoms with Crippen molar-refractivity contribution in [2.75, 3.05) is 29.9 Å². The number of amides is 2. The van der Waals surface area contributed by atoms with Gasteiger partial charge in [-0.3, -0.25) is 25.2 Å². The van der Waals surface area contributed by atoms with Crippen molar-refractivity contribution in [2.24, 2.45) is 16.6 Å². The summed E-state index contributed by atoms with van der Waals surface area (Å²) in [6.07, 6.45) is 10.3. The van der Waals surface area contributed by atoms with E-state index in [2.05, 4.69) is 35.6 Å². The predicted octanol–water partition coefficient (Wildman–Crippen LogP) is 2.29. The number of anilines is 3. The normalized spacial score (nSPS) is 17.3. The second kappa shape index (κ2) is 16.1. The number of aromatic nitrogens is 4. The number of nitrogens with one attached hydrogen (secondary N) is 3. The maximum absolute atomic E-state index is 12.2. The average Bonchev–Trinajstić information content (AvgIpc) is 3.33. The van der Waals surface area contributed by atoms with Crippen molar-refractivity contribution in [1.29, 1.82) is 0 Å². The number of unbranched alkanes of at least 4 members (excludes halogenated alkanes) is 1. The first-order valence-corrected chi connectivity index (χ1v) is 11.8. The Bertz CT molecular complexity index is 1030. The Labute approximate surface area is 232 Å². The predicted molar refractivity (Wildman–Crippen MR) is 147 cm³/mol. The minimum absolute atomic E-state index is 0. The molecule has 2 amide bonds. The quantitative estimate of drug-likeness (QED) is 0.138. The molecule has 16 heteroatoms. The van der Waals surface area contributed by atoms with Gasteiger partial charge in [0.1, 0.15) is 6.61 Å². The summed E-state index contributed by atoms with van der Waals surface area (Å²) in [6, 6.07) is 0. The number of carbonyl (C=O) groups is 2. The topological polar surface area (TPSA) is 212 Å². The summed E-state index contributed by atoms with van der Waals surface area (Å²) in [6.45, 7) is 0.509. The van der Waals surface area contributed by atoms with Crippen LogP contribution in [0.3, 0.4) is 0 Å². The molecule has 0 spiro atoms. The second-order valence-corrected chi connectivity index (χ2v) is 8.65. The zero-order chi connectivity index (χ0) is 25.2. The van der Waals surface area contributed by atoms with Crippen LogP contribution in [0.5, 0.6) is 0 Å². The number of imidazole rings is 1. The molecule has 1 saturated carbocycles. The van der Waals surface area contributed by atoms with Crippen molar-refractivity contribution in [3.05, 3.63) is 23.2 Å². The molecule has 206 valence electrons. The fraction of sp³-hybridized carbons (Fsp3) is 0.524. The van der Waals surface area contributed by atoms with Gasteiger partial charge < -0.3 is 26.9 Å². The van der Waals surface area contributed by atoms with E-state index < -0.39 is 5.91 Å². The van der Waals surface area contributed by atoms with Crippen LogP contribution in [-0.2, 0) is 9.53 Å². The molecule has 0 radical (unpaired) electrons. The molecule has 1 aliphatic rings. The number of rotatable bonds is 10. The van der Waals surface area contributed by atoms with Crippen molar-refractivity contribution < 1.29 is 14.3 Å². The molecule has 1 aliphatic carbocycles. The van der Waals surface area contributed by atoms with Crippen LogP contribution in [0.1, 0.15) is 55.4 Å². The van der Waals surface area contributed by atoms with E-state index in [-0.39, 0.29) is 71.9 Å². The van der Waals surface area contributed by atoms with Gasteiger partial charge in [0, 0.05) is 18.9 Å². The number of guanidine groups is 1. The van der Waals surface area contributed by atoms with Gasteiger partial charge in [0.05, 0.1) is 6.10 Å². The third kappa shape index (κ3) is 10.6. The van der Waals surface area contributed by atoms with Gasteiger partial charge in [0.2, 0.25) is 5.95 Å². The molecule has 0 unspecified atom stereocenters. The first-order valence-electron chi connectivity index (χ1n) is 11.4. The SMILES string of the molecule is Cl.Cl.NC(=NCCCCC1CCC(OCC(=O)Nc2ncc[nH]2)CC1)NC(=O)c1nc(Cl)c(N)nc1N. The molecule has 0 aromatic carbocycles. The van der Waals surface area contributed by atoms with E-state index in [1.165, 1.54) is 0 Å². The molecule has 9 N–H and O–H groups in total. The lowest BCUT2D eigenvalue weighted by atomic mass is 9.84. The van der Waals surface area contributed by atoms with Gasteiger partial charge in [-0.05, 0) is 38.0 Å². The van der Waals surface area contributed by atoms with Crippen LogP contribution >= 0.6 is 36.4 Å². The minimum atomic E-state index is -0.657. The summed E-state index contributed by atoms with van der Waals surface area (Å²) in [5.41, 5.74) is 16.8. The summed E-state index contributed by atoms with van der Waals surface area (Å²) in [7, 11) is 0. The molecule has 0 bridgehead atoms. The van der Waals surface area contributed by atoms with Crippen molar-refractivity contribution in [3.8, 4) is 0 Å². The molecule has 0 aliphatic heterocycles. The van der Waals surface area contributed by atoms with Gasteiger partial charge in [-0.25, -0.2) is 15.0 Å². The molecule has 2 aromatic rings. The second-order valence-electron chi connectivity index (χ2n) is 8.29. The molecular formula is C21H33Cl3N10O3. The number of H-pyrrole nitrogens is 1. The Morgan fingerprint density at radius 1 is 1.14 bits per heavy atom. The summed E-state index contributed by atoms with van der Waals surface area (Å²) in [5, 5.41) is 4.95. The number of aromatic amines is 1. The highest BCUT2D eigenvalue weighted by Crippen LogP contribution is 2.29. The maximum Gasteiger partial charge on any atom is 0.280 e. The highest BCUT2D eigenvalue weighted by molar-refractivity contribution is 6.31. The first kappa shape index (κ1) is 32.2. The van der Waals surface area contributed by atoms with Gasteiger partial charge in [0.25, 0.3) is 11.8 Å². The van der Waals surface area contributed by atoms with Gasteiger partial charge in [-0.15, -0.1) is 24.8 Å². The lowest BCUT2D eigenvalue weighted by Gasteiger charge is -2.28. The van der Waals surface area contributed by atoms with E-state index >= 15 is 0 Å². The van der Waals surface area contributed by atoms with Crippen LogP contribution in [0.15, 0.2) is 17.4 Å². The number of aliphatic imine (C=N–C) groups is 1. The van der Waals surface area contributed by atoms with Crippen molar-refractivity contribution >= 4 is 71.8 Å². The van der Waals surface area contributed by atoms with Crippen LogP contribution in [0.25, 0.3) is 0 Å². The van der Waals surface area contributed by atoms with Crippen LogP contribution in [-0.4, -0.2) is 57.0 Å². The molecule has 1 fully saturated rings. The molecule has 3 rings (SSSR count). The highest BCUT2D eigenvalue weighted by Gasteiger charge is 2.22. The van der Waals surface area contributed by atoms with Crippen molar-refractivity contribution in [1.82, 2.24) is 25.3 Å². The van der Waals surface area contributed by atoms with E-state index in [1.807, 2.05) is 0 Å². The van der Waals surface area contributed by atoms with E-state index in [0.717, 1.165) is 44.9 Å². The standard InChI is InChI=1S/C21H31ClN10O3.2ClH/c22-16-18(24)31-17(23)15(30-16)19(34)32-20(25)26-8-2-1-3-12-4-6-13(7-5-12)35-11-14(33)29-21-27-9-10-28-21;;/h9-10,12-13H,1-8,11H2,(H4,23,24,31)(H3,25,26,32,34)(H2,27,28,29,33);2*1H. The number of halogens is 3. The molecule has 13 nitrogen and oxygen atoms in total. The third-order valence-corrected chi connectivity index (χ3v) is 5.94. The lowest BCUT2D eigenvalue weighted by Crippen LogP contribution is -2.38. The maximum atomic E-state index is 12.2. The molecule has 0 saturated heterocycles. The van der Waals surface area contributed by atoms with Gasteiger partial charge in [-0.1, -0.05) is 24.4 Å². The van der Waals surface area contributed by atoms with Crippen LogP contribution in [0.2, 0.25) is 5.15 Å². The summed E-state index contributed by atoms with van der Waals surface area (Å²) in [4.78, 5) is 42.6. The van der Waals surface area contributed by atoms with Gasteiger partial charge >= 0.3 is 0 Å². The number of nitrogens with zero attached hydrogens (tertiary/aromatic N) is 4. The molecular weight excluding hydrogens is 547 g/mol. The first-order chi connectivity index (χ1) is 16.8. The highest BCUT2D eigenvalue weighted by atomic mass is 35.5. The Morgan fingerprint density at radius 3 is 2.54 bits per heavy atom. The Kier molecular flexibility index (Phi) is 14.0. The zero-order valence-electron chi connectivity index (χ0n) is 20.1. The smallest absolute Gasteiger partial charge is 0.280 e. The van der Waals surface area contributed by atoms with E-state index in [0.29, 0.717) is 18.4 Å². The Balaban J connectivity index is 0.00000342. The third-order valence-electron chi connectivity index (χ3n) is 5.66. The molecule has 2 heterocycles. The largest absolute Gasteiger partial charge is 0.382 e. The van der Waals surface area contributed by atoms with Gasteiger partial charge in [-0.2, -0.15) is 0 Å². The van der Waals surface area contributed by atoms with Crippen LogP contribution < -0.4 is 27.8 Å². The van der Waals surface area contributed by atoms with E-state index in [4.69, 9.17) is 33.5 Å². The van der Waals surface area contributed by atoms with Crippen LogP contribution in [0, 0.1) is 5.92 Å². The van der Waals surface area contributed by atoms with Crippen molar-refractivity contribution in [2.45, 2.75) is 51.0 Å². The minimum Gasteiger partial charge on any atom is -0.382 e. The fourth-order valence-corrected chi connectivity index (χ4v) is 3.98. The number of nitrogen functional groups attached to an aromatic ring is 2. The van der Waals surface area contributed by atoms with Gasteiger partial charge in [0.15, 0.2) is 28.4 Å². The fourth-order valence-electron chi connectivity index (χ4n) is 3.85. The molecule has 0 atom stereocenters. The monoisotopic (exact) mass is 578 g/mol. The number of nitrogens with two attached hydrogens (primary N) is 3. The Hall–Kier alpha value is -2.87. The van der Waals surface area contributed by atoms with Crippen LogP contribution in [0.4, 0.5) is 17.6 Å². The summed E-state index contributed by atoms with van der Waals surface area (Å²) >= 11 is 5.79. The van der Waals surface area contributed by atoms with Crippen molar-refractivity contribution in [3.63, 3.8) is 0 Å². The number of hydrogen-bond donors (Lipinski definition) is 6. The number of hydrogen-bond acceptors (Lipinski definition) is 9. The summed E-state index contributed by atoms with van der Waals surface area (Å²) in [5.74, 6) is -0.0577. The molecule has 37 heavy (non-hydrogen) atoms. The van der Waals surface area contributed by atoms with E-state index in [9.17, 15) is 9.59 Å². The lowest BCUT2D eigenvalue weighted by molar-refractivity contribution is -0.123. The Morgan fingerprint density at radius 2 is 1.86 bits per heavy atom. The van der Waals surface area contributed by atoms with E-state index in [1.54, 1.807) is 12.4 Å². The summed E-state index contributed by atoms with van der Waals surface area (Å²) < 4.78 is 5.74. The zero-order valence-corrected chi connectivity index (χ0v) is 22.5. The molecule has 2 aromatic heterocycles. The average molecular weight is 580 g/mol. The number of ether oxygens (including phenoxy) is 1.